The maximum Gasteiger partial charge on any atom is 0.162 e. The Balaban J connectivity index is 1.91. The van der Waals surface area contributed by atoms with Gasteiger partial charge >= 0.3 is 0 Å². The van der Waals surface area contributed by atoms with Crippen molar-refractivity contribution in [2.75, 3.05) is 0 Å². The van der Waals surface area contributed by atoms with Gasteiger partial charge in [-0.2, -0.15) is 0 Å². The minimum absolute atomic E-state index is 0.0147. The molecule has 21 heavy (non-hydrogen) atoms. The van der Waals surface area contributed by atoms with Crippen LogP contribution in [0.2, 0.25) is 0 Å². The fourth-order valence-electron chi connectivity index (χ4n) is 2.29. The number of nitrogens with one attached hydrogen (secondary N) is 1. The molecule has 106 valence electrons. The fourth-order valence-corrected chi connectivity index (χ4v) is 2.29. The number of fused-ring (bicyclic) bond motifs is 1. The molecule has 0 aliphatic heterocycles. The highest BCUT2D eigenvalue weighted by Crippen LogP contribution is 2.29. The molecule has 3 aromatic rings. The lowest BCUT2D eigenvalue weighted by Crippen LogP contribution is -1.97. The molecule has 0 unspecified atom stereocenters. The molecule has 0 atom stereocenters. The molecule has 0 aliphatic rings. The average Bonchev–Trinajstić information content (AvgIpc) is 2.91. The smallest absolute Gasteiger partial charge is 0.162 e. The molecule has 3 rings (SSSR count). The van der Waals surface area contributed by atoms with Gasteiger partial charge in [-0.1, -0.05) is 18.2 Å². The topological polar surface area (TPSA) is 42.1 Å². The number of aromatic nitrogens is 1. The second kappa shape index (κ2) is 5.40. The van der Waals surface area contributed by atoms with Crippen LogP contribution in [0.4, 0.5) is 4.39 Å². The Morgan fingerprint density at radius 3 is 2.67 bits per heavy atom. The highest BCUT2D eigenvalue weighted by Gasteiger charge is 2.12. The van der Waals surface area contributed by atoms with E-state index in [0.29, 0.717) is 17.9 Å². The molecule has 0 aliphatic carbocycles. The summed E-state index contributed by atoms with van der Waals surface area (Å²) in [6.07, 6.45) is 1.69. The molecule has 0 spiro atoms. The van der Waals surface area contributed by atoms with E-state index in [9.17, 15) is 9.18 Å². The van der Waals surface area contributed by atoms with Gasteiger partial charge in [-0.25, -0.2) is 4.39 Å². The summed E-state index contributed by atoms with van der Waals surface area (Å²) in [6, 6.07) is 11.7. The normalized spacial score (nSPS) is 10.8. The molecular formula is C17H14FNO2. The van der Waals surface area contributed by atoms with Crippen molar-refractivity contribution < 1.29 is 13.9 Å². The Morgan fingerprint density at radius 1 is 1.19 bits per heavy atom. The van der Waals surface area contributed by atoms with E-state index in [0.717, 1.165) is 16.5 Å². The van der Waals surface area contributed by atoms with Crippen LogP contribution in [0, 0.1) is 5.82 Å². The van der Waals surface area contributed by atoms with Crippen LogP contribution >= 0.6 is 0 Å². The van der Waals surface area contributed by atoms with Crippen LogP contribution in [-0.4, -0.2) is 10.8 Å². The van der Waals surface area contributed by atoms with Gasteiger partial charge in [0.05, 0.1) is 5.39 Å². The molecule has 4 heteroatoms. The van der Waals surface area contributed by atoms with E-state index < -0.39 is 0 Å². The maximum absolute atomic E-state index is 12.9. The summed E-state index contributed by atoms with van der Waals surface area (Å²) < 4.78 is 18.7. The molecule has 0 amide bonds. The van der Waals surface area contributed by atoms with Crippen LogP contribution in [0.3, 0.4) is 0 Å². The highest BCUT2D eigenvalue weighted by atomic mass is 19.1. The van der Waals surface area contributed by atoms with Crippen LogP contribution in [0.5, 0.6) is 5.75 Å². The summed E-state index contributed by atoms with van der Waals surface area (Å²) in [4.78, 5) is 14.7. The lowest BCUT2D eigenvalue weighted by molar-refractivity contribution is 0.101. The van der Waals surface area contributed by atoms with E-state index in [4.69, 9.17) is 4.74 Å². The summed E-state index contributed by atoms with van der Waals surface area (Å²) in [7, 11) is 0. The van der Waals surface area contributed by atoms with Crippen molar-refractivity contribution in [2.24, 2.45) is 0 Å². The monoisotopic (exact) mass is 283 g/mol. The number of carbonyl (C=O) groups is 1. The van der Waals surface area contributed by atoms with Crippen LogP contribution in [0.25, 0.3) is 10.9 Å². The van der Waals surface area contributed by atoms with Crippen LogP contribution in [0.15, 0.2) is 48.7 Å². The van der Waals surface area contributed by atoms with E-state index in [1.165, 1.54) is 19.1 Å². The molecule has 0 saturated carbocycles. The minimum Gasteiger partial charge on any atom is -0.488 e. The van der Waals surface area contributed by atoms with Crippen molar-refractivity contribution in [1.29, 1.82) is 0 Å². The van der Waals surface area contributed by atoms with Crippen LogP contribution in [0.1, 0.15) is 22.8 Å². The number of aromatic amines is 1. The van der Waals surface area contributed by atoms with E-state index in [1.807, 2.05) is 18.2 Å². The van der Waals surface area contributed by atoms with Crippen molar-refractivity contribution in [3.05, 3.63) is 65.6 Å². The first-order valence-corrected chi connectivity index (χ1v) is 6.63. The molecule has 1 heterocycles. The van der Waals surface area contributed by atoms with Crippen LogP contribution < -0.4 is 4.74 Å². The van der Waals surface area contributed by atoms with Crippen molar-refractivity contribution in [3.8, 4) is 5.75 Å². The first-order valence-electron chi connectivity index (χ1n) is 6.63. The summed E-state index contributed by atoms with van der Waals surface area (Å²) in [5.41, 5.74) is 2.34. The molecule has 1 N–H and O–H groups in total. The SMILES string of the molecule is CC(=O)c1c[nH]c2cccc(OCc3ccc(F)cc3)c12. The number of hydrogen-bond acceptors (Lipinski definition) is 2. The van der Waals surface area contributed by atoms with Gasteiger partial charge in [0, 0.05) is 17.3 Å². The predicted octanol–water partition coefficient (Wildman–Crippen LogP) is 4.09. The Labute approximate surface area is 121 Å². The third kappa shape index (κ3) is 2.65. The van der Waals surface area contributed by atoms with Gasteiger partial charge in [-0.3, -0.25) is 4.79 Å². The van der Waals surface area contributed by atoms with Gasteiger partial charge < -0.3 is 9.72 Å². The minimum atomic E-state index is -0.273. The Bertz CT molecular complexity index is 790. The summed E-state index contributed by atoms with van der Waals surface area (Å²) in [5, 5.41) is 0.784. The van der Waals surface area contributed by atoms with Gasteiger partial charge in [0.1, 0.15) is 18.2 Å². The second-order valence-electron chi connectivity index (χ2n) is 4.85. The van der Waals surface area contributed by atoms with Gasteiger partial charge in [-0.05, 0) is 36.8 Å². The molecule has 0 saturated heterocycles. The number of ketones is 1. The van der Waals surface area contributed by atoms with Gasteiger partial charge in [-0.15, -0.1) is 0 Å². The molecule has 0 bridgehead atoms. The lowest BCUT2D eigenvalue weighted by atomic mass is 10.1. The third-order valence-electron chi connectivity index (χ3n) is 3.35. The van der Waals surface area contributed by atoms with Crippen molar-refractivity contribution in [2.45, 2.75) is 13.5 Å². The first kappa shape index (κ1) is 13.4. The highest BCUT2D eigenvalue weighted by molar-refractivity contribution is 6.08. The van der Waals surface area contributed by atoms with E-state index >= 15 is 0 Å². The number of ether oxygens (including phenoxy) is 1. The lowest BCUT2D eigenvalue weighted by Gasteiger charge is -2.08. The largest absolute Gasteiger partial charge is 0.488 e. The number of carbonyl (C=O) groups excluding carboxylic acids is 1. The molecule has 3 nitrogen and oxygen atoms in total. The Hall–Kier alpha value is -2.62. The average molecular weight is 283 g/mol. The number of rotatable bonds is 4. The second-order valence-corrected chi connectivity index (χ2v) is 4.85. The predicted molar refractivity (Wildman–Crippen MR) is 79.0 cm³/mol. The standard InChI is InChI=1S/C17H14FNO2/c1-11(20)14-9-19-15-3-2-4-16(17(14)15)21-10-12-5-7-13(18)8-6-12/h2-9,19H,10H2,1H3. The van der Waals surface area contributed by atoms with E-state index in [-0.39, 0.29) is 11.6 Å². The first-order chi connectivity index (χ1) is 10.1. The molecule has 0 radical (unpaired) electrons. The molecular weight excluding hydrogens is 269 g/mol. The number of Topliss-reactive ketones (excluding diaryl/α,β-unsaturated/α-hetero) is 1. The maximum atomic E-state index is 12.9. The van der Waals surface area contributed by atoms with Gasteiger partial charge in [0.2, 0.25) is 0 Å². The Kier molecular flexibility index (Phi) is 3.44. The number of hydrogen-bond donors (Lipinski definition) is 1. The van der Waals surface area contributed by atoms with Gasteiger partial charge in [0.15, 0.2) is 5.78 Å². The molecule has 1 aromatic heterocycles. The van der Waals surface area contributed by atoms with Crippen molar-refractivity contribution >= 4 is 16.7 Å². The third-order valence-corrected chi connectivity index (χ3v) is 3.35. The van der Waals surface area contributed by atoms with E-state index in [2.05, 4.69) is 4.98 Å². The summed E-state index contributed by atoms with van der Waals surface area (Å²) in [5.74, 6) is 0.354. The zero-order valence-corrected chi connectivity index (χ0v) is 11.5. The summed E-state index contributed by atoms with van der Waals surface area (Å²) >= 11 is 0. The molecule has 2 aromatic carbocycles. The zero-order chi connectivity index (χ0) is 14.8. The number of benzene rings is 2. The molecule has 0 fully saturated rings. The van der Waals surface area contributed by atoms with E-state index in [1.54, 1.807) is 18.3 Å². The van der Waals surface area contributed by atoms with Gasteiger partial charge in [0.25, 0.3) is 0 Å². The summed E-state index contributed by atoms with van der Waals surface area (Å²) in [6.45, 7) is 1.85. The quantitative estimate of drug-likeness (QED) is 0.733. The number of halogens is 1. The fraction of sp³-hybridized carbons (Fsp3) is 0.118. The zero-order valence-electron chi connectivity index (χ0n) is 11.5. The van der Waals surface area contributed by atoms with Crippen LogP contribution in [-0.2, 0) is 6.61 Å². The van der Waals surface area contributed by atoms with Crippen molar-refractivity contribution in [3.63, 3.8) is 0 Å². The number of H-pyrrole nitrogens is 1. The Morgan fingerprint density at radius 2 is 1.95 bits per heavy atom. The van der Waals surface area contributed by atoms with Crippen molar-refractivity contribution in [1.82, 2.24) is 4.98 Å².